The molecule has 3 nitrogen and oxygen atoms in total. The van der Waals surface area contributed by atoms with Crippen molar-refractivity contribution < 1.29 is 10.2 Å². The third-order valence-corrected chi connectivity index (χ3v) is 11.6. The lowest BCUT2D eigenvalue weighted by Crippen LogP contribution is -2.55. The van der Waals surface area contributed by atoms with Gasteiger partial charge in [0.05, 0.1) is 12.2 Å². The quantitative estimate of drug-likeness (QED) is 0.595. The maximum atomic E-state index is 11.3. The molecule has 11 atom stereocenters. The molecule has 0 aromatic heterocycles. The molecule has 0 aromatic rings. The standard InChI is InChI=1S/C27H47NO2/c1-17(25(30)24-6-4-5-15-28-24)21-9-10-22-20-8-7-18-16-19(29)11-13-26(18,2)23(20)12-14-27(21,22)3/h17-25,28-30H,4-16H2,1-3H3/t17?,18?,19-,20?,21+,22?,23?,24?,25-,26-,27+/m0/s1. The fourth-order valence-electron chi connectivity index (χ4n) is 9.91. The lowest BCUT2D eigenvalue weighted by atomic mass is 9.44. The third kappa shape index (κ3) is 3.32. The van der Waals surface area contributed by atoms with E-state index in [1.165, 1.54) is 57.8 Å². The Bertz CT molecular complexity index is 618. The molecule has 1 saturated heterocycles. The Hall–Kier alpha value is -0.120. The first kappa shape index (κ1) is 21.7. The summed E-state index contributed by atoms with van der Waals surface area (Å²) in [6.45, 7) is 8.65. The second kappa shape index (κ2) is 8.03. The molecule has 6 unspecified atom stereocenters. The molecule has 4 aliphatic carbocycles. The van der Waals surface area contributed by atoms with Gasteiger partial charge in [0.1, 0.15) is 0 Å². The Balaban J connectivity index is 1.33. The van der Waals surface area contributed by atoms with E-state index in [0.29, 0.717) is 28.7 Å². The van der Waals surface area contributed by atoms with Crippen molar-refractivity contribution in [1.82, 2.24) is 5.32 Å². The summed E-state index contributed by atoms with van der Waals surface area (Å²) in [5, 5.41) is 25.2. The molecule has 0 radical (unpaired) electrons. The average Bonchev–Trinajstić information content (AvgIpc) is 3.11. The lowest BCUT2D eigenvalue weighted by molar-refractivity contribution is -0.132. The molecule has 3 N–H and O–H groups in total. The van der Waals surface area contributed by atoms with Gasteiger partial charge < -0.3 is 15.5 Å². The van der Waals surface area contributed by atoms with E-state index >= 15 is 0 Å². The van der Waals surface area contributed by atoms with E-state index in [-0.39, 0.29) is 12.2 Å². The van der Waals surface area contributed by atoms with Crippen LogP contribution < -0.4 is 5.32 Å². The summed E-state index contributed by atoms with van der Waals surface area (Å²) in [6.07, 6.45) is 15.0. The van der Waals surface area contributed by atoms with Crippen LogP contribution in [0.3, 0.4) is 0 Å². The molecule has 0 aromatic carbocycles. The molecule has 1 aliphatic heterocycles. The highest BCUT2D eigenvalue weighted by molar-refractivity contribution is 5.10. The Morgan fingerprint density at radius 3 is 2.40 bits per heavy atom. The number of piperidine rings is 1. The smallest absolute Gasteiger partial charge is 0.0721 e. The van der Waals surface area contributed by atoms with Crippen LogP contribution >= 0.6 is 0 Å². The summed E-state index contributed by atoms with van der Waals surface area (Å²) < 4.78 is 0. The van der Waals surface area contributed by atoms with Crippen LogP contribution in [0, 0.1) is 46.3 Å². The molecule has 172 valence electrons. The van der Waals surface area contributed by atoms with Crippen molar-refractivity contribution in [1.29, 1.82) is 0 Å². The van der Waals surface area contributed by atoms with Crippen LogP contribution in [0.1, 0.15) is 97.8 Å². The minimum Gasteiger partial charge on any atom is -0.393 e. The predicted molar refractivity (Wildman–Crippen MR) is 122 cm³/mol. The van der Waals surface area contributed by atoms with E-state index in [2.05, 4.69) is 26.1 Å². The van der Waals surface area contributed by atoms with Crippen LogP contribution in [-0.4, -0.2) is 35.0 Å². The summed E-state index contributed by atoms with van der Waals surface area (Å²) in [4.78, 5) is 0. The first-order valence-electron chi connectivity index (χ1n) is 13.4. The van der Waals surface area contributed by atoms with Gasteiger partial charge in [0.2, 0.25) is 0 Å². The van der Waals surface area contributed by atoms with Crippen molar-refractivity contribution in [2.24, 2.45) is 46.3 Å². The zero-order valence-corrected chi connectivity index (χ0v) is 19.8. The van der Waals surface area contributed by atoms with Crippen LogP contribution in [0.15, 0.2) is 0 Å². The fraction of sp³-hybridized carbons (Fsp3) is 1.00. The maximum Gasteiger partial charge on any atom is 0.0721 e. The minimum absolute atomic E-state index is 0.0416. The number of aliphatic hydroxyl groups excluding tert-OH is 2. The Labute approximate surface area is 184 Å². The molecule has 0 amide bonds. The Morgan fingerprint density at radius 1 is 0.867 bits per heavy atom. The highest BCUT2D eigenvalue weighted by atomic mass is 16.3. The summed E-state index contributed by atoms with van der Waals surface area (Å²) >= 11 is 0. The largest absolute Gasteiger partial charge is 0.393 e. The molecule has 30 heavy (non-hydrogen) atoms. The van der Waals surface area contributed by atoms with Gasteiger partial charge in [0, 0.05) is 6.04 Å². The Morgan fingerprint density at radius 2 is 1.63 bits per heavy atom. The van der Waals surface area contributed by atoms with Gasteiger partial charge in [-0.1, -0.05) is 27.2 Å². The second-order valence-electron chi connectivity index (χ2n) is 12.7. The molecule has 5 fully saturated rings. The first-order valence-corrected chi connectivity index (χ1v) is 13.4. The normalized spacial score (nSPS) is 53.3. The second-order valence-corrected chi connectivity index (χ2v) is 12.7. The van der Waals surface area contributed by atoms with E-state index in [0.717, 1.165) is 49.5 Å². The predicted octanol–water partition coefficient (Wildman–Crippen LogP) is 5.15. The van der Waals surface area contributed by atoms with Crippen molar-refractivity contribution in [3.8, 4) is 0 Å². The molecular weight excluding hydrogens is 370 g/mol. The van der Waals surface area contributed by atoms with Gasteiger partial charge in [-0.2, -0.15) is 0 Å². The van der Waals surface area contributed by atoms with E-state index in [4.69, 9.17) is 0 Å². The van der Waals surface area contributed by atoms with E-state index in [1.807, 2.05) is 0 Å². The van der Waals surface area contributed by atoms with Gasteiger partial charge >= 0.3 is 0 Å². The molecule has 0 spiro atoms. The van der Waals surface area contributed by atoms with Crippen molar-refractivity contribution in [3.63, 3.8) is 0 Å². The van der Waals surface area contributed by atoms with Gasteiger partial charge in [-0.05, 0) is 124 Å². The van der Waals surface area contributed by atoms with Gasteiger partial charge in [0.15, 0.2) is 0 Å². The van der Waals surface area contributed by atoms with Crippen molar-refractivity contribution in [2.75, 3.05) is 6.54 Å². The molecular formula is C27H47NO2. The van der Waals surface area contributed by atoms with E-state index in [9.17, 15) is 10.2 Å². The molecule has 3 heteroatoms. The average molecular weight is 418 g/mol. The number of aliphatic hydroxyl groups is 2. The summed E-state index contributed by atoms with van der Waals surface area (Å²) in [7, 11) is 0. The third-order valence-electron chi connectivity index (χ3n) is 11.6. The molecule has 1 heterocycles. The highest BCUT2D eigenvalue weighted by Gasteiger charge is 2.61. The van der Waals surface area contributed by atoms with Gasteiger partial charge in [0.25, 0.3) is 0 Å². The van der Waals surface area contributed by atoms with E-state index < -0.39 is 0 Å². The number of hydrogen-bond donors (Lipinski definition) is 3. The van der Waals surface area contributed by atoms with Crippen molar-refractivity contribution in [3.05, 3.63) is 0 Å². The van der Waals surface area contributed by atoms with Gasteiger partial charge in [-0.25, -0.2) is 0 Å². The summed E-state index contributed by atoms with van der Waals surface area (Å²) in [6, 6.07) is 0.316. The zero-order valence-electron chi connectivity index (χ0n) is 19.8. The van der Waals surface area contributed by atoms with Crippen LogP contribution in [0.4, 0.5) is 0 Å². The summed E-state index contributed by atoms with van der Waals surface area (Å²) in [5.41, 5.74) is 0.895. The topological polar surface area (TPSA) is 52.5 Å². The maximum absolute atomic E-state index is 11.3. The minimum atomic E-state index is -0.184. The van der Waals surface area contributed by atoms with Gasteiger partial charge in [-0.15, -0.1) is 0 Å². The molecule has 5 aliphatic rings. The van der Waals surface area contributed by atoms with Crippen molar-refractivity contribution >= 4 is 0 Å². The number of nitrogens with one attached hydrogen (secondary N) is 1. The number of rotatable bonds is 3. The van der Waals surface area contributed by atoms with Crippen LogP contribution in [0.5, 0.6) is 0 Å². The lowest BCUT2D eigenvalue weighted by Gasteiger charge is -2.61. The van der Waals surface area contributed by atoms with Crippen LogP contribution in [0.25, 0.3) is 0 Å². The SMILES string of the molecule is CC([C@H](O)C1CCCCN1)[C@H]1CCC2C3CCC4C[C@@H](O)CC[C@]4(C)C3CC[C@@]21C. The number of fused-ring (bicyclic) bond motifs is 5. The first-order chi connectivity index (χ1) is 14.3. The van der Waals surface area contributed by atoms with Crippen LogP contribution in [0.2, 0.25) is 0 Å². The van der Waals surface area contributed by atoms with Crippen molar-refractivity contribution in [2.45, 2.75) is 116 Å². The zero-order chi connectivity index (χ0) is 21.1. The molecule has 5 rings (SSSR count). The van der Waals surface area contributed by atoms with Gasteiger partial charge in [-0.3, -0.25) is 0 Å². The van der Waals surface area contributed by atoms with E-state index in [1.54, 1.807) is 0 Å². The summed E-state index contributed by atoms with van der Waals surface area (Å²) in [5.74, 6) is 4.47. The Kier molecular flexibility index (Phi) is 5.81. The van der Waals surface area contributed by atoms with Crippen LogP contribution in [-0.2, 0) is 0 Å². The molecule has 0 bridgehead atoms. The highest BCUT2D eigenvalue weighted by Crippen LogP contribution is 2.68. The molecule has 4 saturated carbocycles. The fourth-order valence-corrected chi connectivity index (χ4v) is 9.91. The number of hydrogen-bond acceptors (Lipinski definition) is 3. The monoisotopic (exact) mass is 417 g/mol.